The summed E-state index contributed by atoms with van der Waals surface area (Å²) in [5.74, 6) is 0. The Labute approximate surface area is 142 Å². The van der Waals surface area contributed by atoms with Gasteiger partial charge in [0.25, 0.3) is 14.6 Å². The molecule has 0 N–H and O–H groups in total. The van der Waals surface area contributed by atoms with Gasteiger partial charge in [0.2, 0.25) is 0 Å². The Bertz CT molecular complexity index is 1130. The summed E-state index contributed by atoms with van der Waals surface area (Å²) in [5.41, 5.74) is -4.83. The number of nitriles is 1. The van der Waals surface area contributed by atoms with Gasteiger partial charge in [-0.05, 0) is 18.2 Å². The maximum Gasteiger partial charge on any atom is 0.431 e. The molecule has 0 unspecified atom stereocenters. The number of nitrogens with zero attached hydrogens (tertiary/aromatic N) is 3. The van der Waals surface area contributed by atoms with Crippen molar-refractivity contribution in [3.63, 3.8) is 0 Å². The van der Waals surface area contributed by atoms with E-state index in [2.05, 4.69) is 0 Å². The average molecular weight is 394 g/mol. The fourth-order valence-corrected chi connectivity index (χ4v) is 3.10. The summed E-state index contributed by atoms with van der Waals surface area (Å²) in [6.07, 6.45) is -4.93. The van der Waals surface area contributed by atoms with Gasteiger partial charge in [0.1, 0.15) is 16.7 Å². The van der Waals surface area contributed by atoms with Gasteiger partial charge in [0.15, 0.2) is 0 Å². The number of rotatable bonds is 2. The van der Waals surface area contributed by atoms with Crippen molar-refractivity contribution in [2.75, 3.05) is 0 Å². The molecule has 1 aromatic heterocycles. The van der Waals surface area contributed by atoms with Crippen LogP contribution in [0.25, 0.3) is 5.69 Å². The zero-order chi connectivity index (χ0) is 19.2. The molecular weight excluding hydrogens is 387 g/mol. The quantitative estimate of drug-likeness (QED) is 0.717. The number of hydrogen-bond acceptors (Lipinski definition) is 5. The minimum absolute atomic E-state index is 0.203. The molecule has 7 nitrogen and oxygen atoms in total. The molecule has 0 aliphatic heterocycles. The number of hydrogen-bond donors (Lipinski definition) is 0. The second kappa shape index (κ2) is 6.05. The van der Waals surface area contributed by atoms with Gasteiger partial charge in [-0.15, -0.1) is 0 Å². The third-order valence-electron chi connectivity index (χ3n) is 3.22. The highest BCUT2D eigenvalue weighted by Gasteiger charge is 2.35. The van der Waals surface area contributed by atoms with Gasteiger partial charge in [-0.2, -0.15) is 18.4 Å². The van der Waals surface area contributed by atoms with Crippen molar-refractivity contribution in [1.29, 1.82) is 5.26 Å². The fourth-order valence-electron chi connectivity index (χ4n) is 2.08. The van der Waals surface area contributed by atoms with E-state index in [0.29, 0.717) is 4.57 Å². The summed E-state index contributed by atoms with van der Waals surface area (Å²) >= 11 is 0. The van der Waals surface area contributed by atoms with E-state index in [4.69, 9.17) is 15.9 Å². The molecule has 0 radical (unpaired) electrons. The van der Waals surface area contributed by atoms with E-state index in [-0.39, 0.29) is 21.9 Å². The SMILES string of the molecule is Cn1c(C(F)(F)F)cc(=O)n(-c2ccc(C#N)c(S(=O)(=O)Cl)c2)c1=O. The van der Waals surface area contributed by atoms with Gasteiger partial charge < -0.3 is 0 Å². The molecule has 0 saturated heterocycles. The molecule has 0 aliphatic rings. The Morgan fingerprint density at radius 3 is 2.28 bits per heavy atom. The van der Waals surface area contributed by atoms with E-state index in [9.17, 15) is 31.2 Å². The first-order valence-corrected chi connectivity index (χ1v) is 8.58. The van der Waals surface area contributed by atoms with Crippen molar-refractivity contribution < 1.29 is 21.6 Å². The van der Waals surface area contributed by atoms with Gasteiger partial charge in [-0.25, -0.2) is 17.8 Å². The zero-order valence-electron chi connectivity index (χ0n) is 12.2. The van der Waals surface area contributed by atoms with Gasteiger partial charge >= 0.3 is 11.9 Å². The molecule has 0 spiro atoms. The minimum Gasteiger partial charge on any atom is -0.292 e. The Kier molecular flexibility index (Phi) is 4.54. The predicted octanol–water partition coefficient (Wildman–Crippen LogP) is 1.35. The van der Waals surface area contributed by atoms with Crippen molar-refractivity contribution in [1.82, 2.24) is 9.13 Å². The van der Waals surface area contributed by atoms with Crippen LogP contribution in [0, 0.1) is 11.3 Å². The Morgan fingerprint density at radius 1 is 1.20 bits per heavy atom. The number of halogens is 4. The van der Waals surface area contributed by atoms with Crippen LogP contribution in [-0.4, -0.2) is 17.6 Å². The van der Waals surface area contributed by atoms with Crippen LogP contribution in [0.1, 0.15) is 11.3 Å². The molecule has 1 aromatic carbocycles. The van der Waals surface area contributed by atoms with E-state index in [0.717, 1.165) is 25.2 Å². The van der Waals surface area contributed by atoms with E-state index < -0.39 is 37.1 Å². The van der Waals surface area contributed by atoms with Crippen molar-refractivity contribution >= 4 is 19.7 Å². The monoisotopic (exact) mass is 393 g/mol. The average Bonchev–Trinajstić information content (AvgIpc) is 2.49. The highest BCUT2D eigenvalue weighted by molar-refractivity contribution is 8.13. The Hall–Kier alpha value is -2.58. The van der Waals surface area contributed by atoms with Crippen LogP contribution in [0.3, 0.4) is 0 Å². The summed E-state index contributed by atoms with van der Waals surface area (Å²) in [6.45, 7) is 0. The first-order valence-electron chi connectivity index (χ1n) is 6.27. The van der Waals surface area contributed by atoms with Crippen molar-refractivity contribution in [2.45, 2.75) is 11.1 Å². The first kappa shape index (κ1) is 18.8. The third-order valence-corrected chi connectivity index (χ3v) is 4.58. The van der Waals surface area contributed by atoms with Crippen LogP contribution in [0.15, 0.2) is 38.8 Å². The summed E-state index contributed by atoms with van der Waals surface area (Å²) < 4.78 is 62.0. The molecule has 12 heteroatoms. The lowest BCUT2D eigenvalue weighted by Crippen LogP contribution is -2.40. The van der Waals surface area contributed by atoms with E-state index in [1.807, 2.05) is 0 Å². The highest BCUT2D eigenvalue weighted by Crippen LogP contribution is 2.27. The Morgan fingerprint density at radius 2 is 1.80 bits per heavy atom. The Balaban J connectivity index is 2.86. The molecule has 132 valence electrons. The summed E-state index contributed by atoms with van der Waals surface area (Å²) in [5, 5.41) is 8.89. The van der Waals surface area contributed by atoms with Crippen LogP contribution in [0.2, 0.25) is 0 Å². The molecule has 0 fully saturated rings. The molecule has 0 aliphatic carbocycles. The second-order valence-electron chi connectivity index (χ2n) is 4.77. The molecule has 25 heavy (non-hydrogen) atoms. The maximum atomic E-state index is 12.8. The lowest BCUT2D eigenvalue weighted by Gasteiger charge is -2.14. The molecule has 2 aromatic rings. The molecule has 2 rings (SSSR count). The van der Waals surface area contributed by atoms with E-state index in [1.54, 1.807) is 6.07 Å². The van der Waals surface area contributed by atoms with Gasteiger partial charge in [-0.3, -0.25) is 9.36 Å². The summed E-state index contributed by atoms with van der Waals surface area (Å²) in [4.78, 5) is 23.5. The lowest BCUT2D eigenvalue weighted by molar-refractivity contribution is -0.144. The van der Waals surface area contributed by atoms with Crippen molar-refractivity contribution in [3.8, 4) is 11.8 Å². The van der Waals surface area contributed by atoms with Crippen LogP contribution in [-0.2, 0) is 22.3 Å². The highest BCUT2D eigenvalue weighted by atomic mass is 35.7. The standard InChI is InChI=1S/C13H7ClF3N3O4S/c1-19-10(13(15,16)17)5-11(21)20(12(19)22)8-3-2-7(6-18)9(4-8)25(14,23)24/h2-5H,1H3. The molecule has 0 amide bonds. The van der Waals surface area contributed by atoms with Crippen LogP contribution >= 0.6 is 10.7 Å². The number of benzene rings is 1. The second-order valence-corrected chi connectivity index (χ2v) is 7.31. The molecule has 0 atom stereocenters. The van der Waals surface area contributed by atoms with E-state index >= 15 is 0 Å². The van der Waals surface area contributed by atoms with Crippen LogP contribution in [0.4, 0.5) is 13.2 Å². The molecular formula is C13H7ClF3N3O4S. The zero-order valence-corrected chi connectivity index (χ0v) is 13.8. The topological polar surface area (TPSA) is 102 Å². The first-order chi connectivity index (χ1) is 11.4. The number of alkyl halides is 3. The maximum absolute atomic E-state index is 12.8. The fraction of sp³-hybridized carbons (Fsp3) is 0.154. The molecule has 0 saturated carbocycles. The normalized spacial score (nSPS) is 12.0. The van der Waals surface area contributed by atoms with Gasteiger partial charge in [0.05, 0.1) is 11.3 Å². The summed E-state index contributed by atoms with van der Waals surface area (Å²) in [6, 6.07) is 4.55. The predicted molar refractivity (Wildman–Crippen MR) is 80.0 cm³/mol. The molecule has 0 bridgehead atoms. The van der Waals surface area contributed by atoms with Crippen molar-refractivity contribution in [2.24, 2.45) is 7.05 Å². The molecule has 1 heterocycles. The lowest BCUT2D eigenvalue weighted by atomic mass is 10.2. The van der Waals surface area contributed by atoms with E-state index in [1.165, 1.54) is 0 Å². The van der Waals surface area contributed by atoms with Gasteiger partial charge in [0, 0.05) is 23.8 Å². The smallest absolute Gasteiger partial charge is 0.292 e. The number of aromatic nitrogens is 2. The largest absolute Gasteiger partial charge is 0.431 e. The van der Waals surface area contributed by atoms with Gasteiger partial charge in [-0.1, -0.05) is 0 Å². The third kappa shape index (κ3) is 3.45. The van der Waals surface area contributed by atoms with Crippen LogP contribution in [0.5, 0.6) is 0 Å². The van der Waals surface area contributed by atoms with Crippen LogP contribution < -0.4 is 11.2 Å². The minimum atomic E-state index is -4.93. The van der Waals surface area contributed by atoms with Crippen molar-refractivity contribution in [3.05, 3.63) is 56.4 Å². The summed E-state index contributed by atoms with van der Waals surface area (Å²) in [7, 11) is 1.61.